The summed E-state index contributed by atoms with van der Waals surface area (Å²) in [6.45, 7) is 3.50. The number of benzene rings is 2. The van der Waals surface area contributed by atoms with Crippen LogP contribution in [0.3, 0.4) is 0 Å². The summed E-state index contributed by atoms with van der Waals surface area (Å²) in [5.41, 5.74) is 4.17. The van der Waals surface area contributed by atoms with Crippen LogP contribution in [0.25, 0.3) is 11.0 Å². The Kier molecular flexibility index (Phi) is 4.79. The highest BCUT2D eigenvalue weighted by Gasteiger charge is 2.07. The number of nitrogens with zero attached hydrogens (tertiary/aromatic N) is 1. The number of imidazole rings is 1. The van der Waals surface area contributed by atoms with Crippen molar-refractivity contribution in [3.8, 4) is 0 Å². The maximum atomic E-state index is 12.2. The number of carbonyl (C=O) groups is 2. The molecule has 0 saturated heterocycles. The van der Waals surface area contributed by atoms with Gasteiger partial charge in [-0.05, 0) is 42.0 Å². The van der Waals surface area contributed by atoms with Gasteiger partial charge in [-0.2, -0.15) is 0 Å². The van der Waals surface area contributed by atoms with Crippen LogP contribution in [0.4, 0.5) is 11.4 Å². The Bertz CT molecular complexity index is 913. The molecule has 0 saturated carbocycles. The first kappa shape index (κ1) is 16.7. The molecule has 128 valence electrons. The number of H-pyrrole nitrogens is 1. The zero-order valence-corrected chi connectivity index (χ0v) is 14.2. The summed E-state index contributed by atoms with van der Waals surface area (Å²) in [5, 5.41) is 5.55. The molecule has 6 nitrogen and oxygen atoms in total. The molecule has 0 aliphatic rings. The number of aromatic nitrogens is 2. The van der Waals surface area contributed by atoms with Crippen molar-refractivity contribution in [3.63, 3.8) is 0 Å². The van der Waals surface area contributed by atoms with E-state index in [1.807, 2.05) is 25.1 Å². The number of amides is 2. The van der Waals surface area contributed by atoms with E-state index < -0.39 is 0 Å². The summed E-state index contributed by atoms with van der Waals surface area (Å²) in [6.07, 6.45) is 1.13. The molecule has 3 rings (SSSR count). The molecular formula is C19H20N4O2. The summed E-state index contributed by atoms with van der Waals surface area (Å²) in [6, 6.07) is 12.8. The first-order valence-electron chi connectivity index (χ1n) is 8.18. The molecule has 3 aromatic rings. The van der Waals surface area contributed by atoms with Crippen molar-refractivity contribution in [2.45, 2.75) is 26.7 Å². The van der Waals surface area contributed by atoms with Gasteiger partial charge in [0.2, 0.25) is 11.8 Å². The van der Waals surface area contributed by atoms with Crippen LogP contribution in [0.1, 0.15) is 25.2 Å². The molecule has 6 heteroatoms. The third kappa shape index (κ3) is 4.23. The molecule has 2 aromatic carbocycles. The number of aryl methyl sites for hydroxylation is 1. The summed E-state index contributed by atoms with van der Waals surface area (Å²) in [4.78, 5) is 31.0. The normalized spacial score (nSPS) is 10.6. The lowest BCUT2D eigenvalue weighted by atomic mass is 10.1. The molecule has 25 heavy (non-hydrogen) atoms. The third-order valence-corrected chi connectivity index (χ3v) is 3.78. The smallest absolute Gasteiger partial charge is 0.228 e. The van der Waals surface area contributed by atoms with Gasteiger partial charge in [-0.15, -0.1) is 0 Å². The van der Waals surface area contributed by atoms with Crippen LogP contribution in [-0.4, -0.2) is 21.8 Å². The molecule has 0 radical (unpaired) electrons. The Morgan fingerprint density at radius 3 is 2.36 bits per heavy atom. The standard InChI is InChI=1S/C19H20N4O2/c1-3-18-22-16-9-4-13(10-17(16)23-18)11-19(25)21-15-7-5-14(6-8-15)20-12(2)24/h4-10H,3,11H2,1-2H3,(H,20,24)(H,21,25)(H,22,23). The van der Waals surface area contributed by atoms with Crippen molar-refractivity contribution < 1.29 is 9.59 Å². The second-order valence-electron chi connectivity index (χ2n) is 5.87. The molecule has 0 aliphatic carbocycles. The highest BCUT2D eigenvalue weighted by atomic mass is 16.2. The molecule has 0 aliphatic heterocycles. The minimum absolute atomic E-state index is 0.0955. The second kappa shape index (κ2) is 7.17. The predicted octanol–water partition coefficient (Wildman–Crippen LogP) is 3.26. The SMILES string of the molecule is CCc1nc2ccc(CC(=O)Nc3ccc(NC(C)=O)cc3)cc2[nH]1. The highest BCUT2D eigenvalue weighted by Crippen LogP contribution is 2.16. The Balaban J connectivity index is 1.64. The average molecular weight is 336 g/mol. The molecule has 1 aromatic heterocycles. The van der Waals surface area contributed by atoms with E-state index in [9.17, 15) is 9.59 Å². The van der Waals surface area contributed by atoms with Gasteiger partial charge in [-0.1, -0.05) is 13.0 Å². The van der Waals surface area contributed by atoms with Gasteiger partial charge in [0.25, 0.3) is 0 Å². The van der Waals surface area contributed by atoms with Crippen LogP contribution >= 0.6 is 0 Å². The van der Waals surface area contributed by atoms with E-state index in [0.29, 0.717) is 11.4 Å². The molecule has 0 atom stereocenters. The monoisotopic (exact) mass is 336 g/mol. The van der Waals surface area contributed by atoms with Gasteiger partial charge in [0.05, 0.1) is 17.5 Å². The zero-order chi connectivity index (χ0) is 17.8. The van der Waals surface area contributed by atoms with Crippen molar-refractivity contribution in [3.05, 3.63) is 53.9 Å². The quantitative estimate of drug-likeness (QED) is 0.668. The molecule has 0 fully saturated rings. The van der Waals surface area contributed by atoms with Gasteiger partial charge >= 0.3 is 0 Å². The number of aromatic amines is 1. The van der Waals surface area contributed by atoms with Crippen LogP contribution in [0.15, 0.2) is 42.5 Å². The van der Waals surface area contributed by atoms with Crippen LogP contribution in [0, 0.1) is 0 Å². The van der Waals surface area contributed by atoms with Gasteiger partial charge < -0.3 is 15.6 Å². The fourth-order valence-corrected chi connectivity index (χ4v) is 2.62. The molecule has 0 spiro atoms. The lowest BCUT2D eigenvalue weighted by Gasteiger charge is -2.07. The largest absolute Gasteiger partial charge is 0.342 e. The number of hydrogen-bond acceptors (Lipinski definition) is 3. The number of rotatable bonds is 5. The fourth-order valence-electron chi connectivity index (χ4n) is 2.62. The van der Waals surface area contributed by atoms with E-state index in [2.05, 4.69) is 20.6 Å². The van der Waals surface area contributed by atoms with Crippen molar-refractivity contribution in [1.29, 1.82) is 0 Å². The van der Waals surface area contributed by atoms with Crippen LogP contribution in [0.5, 0.6) is 0 Å². The van der Waals surface area contributed by atoms with Crippen molar-refractivity contribution in [2.75, 3.05) is 10.6 Å². The van der Waals surface area contributed by atoms with Crippen LogP contribution in [-0.2, 0) is 22.4 Å². The minimum atomic E-state index is -0.128. The molecule has 3 N–H and O–H groups in total. The fraction of sp³-hybridized carbons (Fsp3) is 0.211. The lowest BCUT2D eigenvalue weighted by Crippen LogP contribution is -2.14. The van der Waals surface area contributed by atoms with E-state index >= 15 is 0 Å². The van der Waals surface area contributed by atoms with Gasteiger partial charge in [-0.3, -0.25) is 9.59 Å². The van der Waals surface area contributed by atoms with E-state index in [4.69, 9.17) is 0 Å². The minimum Gasteiger partial charge on any atom is -0.342 e. The number of nitrogens with one attached hydrogen (secondary N) is 3. The van der Waals surface area contributed by atoms with Gasteiger partial charge in [0.1, 0.15) is 5.82 Å². The van der Waals surface area contributed by atoms with Crippen molar-refractivity contribution in [1.82, 2.24) is 9.97 Å². The second-order valence-corrected chi connectivity index (χ2v) is 5.87. The van der Waals surface area contributed by atoms with Crippen molar-refractivity contribution >= 4 is 34.2 Å². The van der Waals surface area contributed by atoms with Crippen molar-refractivity contribution in [2.24, 2.45) is 0 Å². The van der Waals surface area contributed by atoms with Gasteiger partial charge in [0, 0.05) is 24.7 Å². The number of fused-ring (bicyclic) bond motifs is 1. The Morgan fingerprint density at radius 2 is 1.72 bits per heavy atom. The van der Waals surface area contributed by atoms with E-state index in [1.165, 1.54) is 6.92 Å². The number of hydrogen-bond donors (Lipinski definition) is 3. The predicted molar refractivity (Wildman–Crippen MR) is 98.6 cm³/mol. The molecule has 1 heterocycles. The molecule has 2 amide bonds. The average Bonchev–Trinajstić information content (AvgIpc) is 2.98. The number of anilines is 2. The van der Waals surface area contributed by atoms with E-state index in [-0.39, 0.29) is 18.2 Å². The Morgan fingerprint density at radius 1 is 1.04 bits per heavy atom. The maximum absolute atomic E-state index is 12.2. The Labute approximate surface area is 145 Å². The number of carbonyl (C=O) groups excluding carboxylic acids is 2. The first-order valence-corrected chi connectivity index (χ1v) is 8.18. The maximum Gasteiger partial charge on any atom is 0.228 e. The summed E-state index contributed by atoms with van der Waals surface area (Å²) in [5.74, 6) is 0.718. The zero-order valence-electron chi connectivity index (χ0n) is 14.2. The molecule has 0 bridgehead atoms. The third-order valence-electron chi connectivity index (χ3n) is 3.78. The summed E-state index contributed by atoms with van der Waals surface area (Å²) >= 11 is 0. The first-order chi connectivity index (χ1) is 12.0. The van der Waals surface area contributed by atoms with E-state index in [0.717, 1.165) is 28.8 Å². The topological polar surface area (TPSA) is 86.9 Å². The highest BCUT2D eigenvalue weighted by molar-refractivity contribution is 5.93. The van der Waals surface area contributed by atoms with Gasteiger partial charge in [0.15, 0.2) is 0 Å². The van der Waals surface area contributed by atoms with Crippen LogP contribution in [0.2, 0.25) is 0 Å². The van der Waals surface area contributed by atoms with E-state index in [1.54, 1.807) is 24.3 Å². The Hall–Kier alpha value is -3.15. The molecule has 0 unspecified atom stereocenters. The summed E-state index contributed by atoms with van der Waals surface area (Å²) in [7, 11) is 0. The van der Waals surface area contributed by atoms with Crippen LogP contribution < -0.4 is 10.6 Å². The lowest BCUT2D eigenvalue weighted by molar-refractivity contribution is -0.116. The molecular weight excluding hydrogens is 316 g/mol. The summed E-state index contributed by atoms with van der Waals surface area (Å²) < 4.78 is 0. The van der Waals surface area contributed by atoms with Gasteiger partial charge in [-0.25, -0.2) is 4.98 Å².